The van der Waals surface area contributed by atoms with Crippen LogP contribution in [0.1, 0.15) is 64.0 Å². The van der Waals surface area contributed by atoms with E-state index < -0.39 is 0 Å². The molecule has 1 aromatic rings. The molecule has 3 heteroatoms. The SMILES string of the molecule is CCCNC(CC(C)CCC)c1ccnc(C)n1. The molecular weight excluding hydrogens is 222 g/mol. The Hall–Kier alpha value is -0.960. The Morgan fingerprint density at radius 1 is 1.28 bits per heavy atom. The molecule has 0 saturated carbocycles. The number of hydrogen-bond acceptors (Lipinski definition) is 3. The molecule has 0 aliphatic rings. The Morgan fingerprint density at radius 3 is 2.67 bits per heavy atom. The lowest BCUT2D eigenvalue weighted by Crippen LogP contribution is -2.25. The summed E-state index contributed by atoms with van der Waals surface area (Å²) in [4.78, 5) is 8.75. The minimum absolute atomic E-state index is 0.369. The van der Waals surface area contributed by atoms with Gasteiger partial charge in [-0.05, 0) is 38.3 Å². The highest BCUT2D eigenvalue weighted by Crippen LogP contribution is 2.22. The molecule has 1 aromatic heterocycles. The van der Waals surface area contributed by atoms with Crippen LogP contribution in [-0.2, 0) is 0 Å². The predicted molar refractivity (Wildman–Crippen MR) is 76.5 cm³/mol. The van der Waals surface area contributed by atoms with Gasteiger partial charge < -0.3 is 5.32 Å². The Labute approximate surface area is 111 Å². The predicted octanol–water partition coefficient (Wildman–Crippen LogP) is 3.65. The molecule has 2 unspecified atom stereocenters. The maximum atomic E-state index is 4.57. The Morgan fingerprint density at radius 2 is 2.06 bits per heavy atom. The normalized spacial score (nSPS) is 14.4. The van der Waals surface area contributed by atoms with Crippen molar-refractivity contribution in [2.45, 2.75) is 59.4 Å². The highest BCUT2D eigenvalue weighted by molar-refractivity contribution is 5.07. The first-order valence-corrected chi connectivity index (χ1v) is 7.20. The van der Waals surface area contributed by atoms with E-state index in [9.17, 15) is 0 Å². The fourth-order valence-corrected chi connectivity index (χ4v) is 2.31. The van der Waals surface area contributed by atoms with Crippen molar-refractivity contribution in [1.29, 1.82) is 0 Å². The number of aromatic nitrogens is 2. The van der Waals surface area contributed by atoms with Crippen LogP contribution in [0, 0.1) is 12.8 Å². The fourth-order valence-electron chi connectivity index (χ4n) is 2.31. The highest BCUT2D eigenvalue weighted by Gasteiger charge is 2.15. The van der Waals surface area contributed by atoms with Gasteiger partial charge in [-0.15, -0.1) is 0 Å². The number of rotatable bonds is 8. The van der Waals surface area contributed by atoms with Gasteiger partial charge in [0.25, 0.3) is 0 Å². The van der Waals surface area contributed by atoms with Gasteiger partial charge >= 0.3 is 0 Å². The molecule has 0 bridgehead atoms. The summed E-state index contributed by atoms with van der Waals surface area (Å²) in [6.45, 7) is 9.78. The second-order valence-electron chi connectivity index (χ2n) is 5.16. The molecule has 102 valence electrons. The van der Waals surface area contributed by atoms with Crippen LogP contribution in [-0.4, -0.2) is 16.5 Å². The summed E-state index contributed by atoms with van der Waals surface area (Å²) in [7, 11) is 0. The number of nitrogens with zero attached hydrogens (tertiary/aromatic N) is 2. The van der Waals surface area contributed by atoms with Crippen molar-refractivity contribution in [3.63, 3.8) is 0 Å². The lowest BCUT2D eigenvalue weighted by Gasteiger charge is -2.21. The lowest BCUT2D eigenvalue weighted by atomic mass is 9.95. The van der Waals surface area contributed by atoms with Crippen molar-refractivity contribution >= 4 is 0 Å². The summed E-state index contributed by atoms with van der Waals surface area (Å²) < 4.78 is 0. The van der Waals surface area contributed by atoms with Crippen LogP contribution in [0.4, 0.5) is 0 Å². The van der Waals surface area contributed by atoms with Gasteiger partial charge in [0.15, 0.2) is 0 Å². The molecule has 1 rings (SSSR count). The first-order chi connectivity index (χ1) is 8.67. The summed E-state index contributed by atoms with van der Waals surface area (Å²) in [6, 6.07) is 2.41. The van der Waals surface area contributed by atoms with E-state index >= 15 is 0 Å². The van der Waals surface area contributed by atoms with Gasteiger partial charge in [0, 0.05) is 12.2 Å². The van der Waals surface area contributed by atoms with Gasteiger partial charge in [-0.3, -0.25) is 0 Å². The van der Waals surface area contributed by atoms with Crippen molar-refractivity contribution < 1.29 is 0 Å². The third-order valence-electron chi connectivity index (χ3n) is 3.21. The van der Waals surface area contributed by atoms with E-state index in [1.165, 1.54) is 12.8 Å². The number of hydrogen-bond donors (Lipinski definition) is 1. The maximum Gasteiger partial charge on any atom is 0.125 e. The average Bonchev–Trinajstić information content (AvgIpc) is 2.34. The molecule has 0 aliphatic heterocycles. The van der Waals surface area contributed by atoms with E-state index in [4.69, 9.17) is 0 Å². The van der Waals surface area contributed by atoms with Crippen LogP contribution in [0.3, 0.4) is 0 Å². The quantitative estimate of drug-likeness (QED) is 0.764. The van der Waals surface area contributed by atoms with Crippen LogP contribution >= 0.6 is 0 Å². The average molecular weight is 249 g/mol. The Balaban J connectivity index is 2.70. The van der Waals surface area contributed by atoms with Gasteiger partial charge in [0.2, 0.25) is 0 Å². The van der Waals surface area contributed by atoms with Crippen LogP contribution in [0.15, 0.2) is 12.3 Å². The largest absolute Gasteiger partial charge is 0.309 e. The van der Waals surface area contributed by atoms with Crippen molar-refractivity contribution in [3.05, 3.63) is 23.8 Å². The molecule has 0 amide bonds. The van der Waals surface area contributed by atoms with Crippen LogP contribution in [0.25, 0.3) is 0 Å². The standard InChI is InChI=1S/C15H27N3/c1-5-7-12(3)11-15(17-9-6-2)14-8-10-16-13(4)18-14/h8,10,12,15,17H,5-7,9,11H2,1-4H3. The van der Waals surface area contributed by atoms with E-state index in [0.717, 1.165) is 36.8 Å². The summed E-state index contributed by atoms with van der Waals surface area (Å²) in [5.41, 5.74) is 1.14. The van der Waals surface area contributed by atoms with Crippen LogP contribution in [0.2, 0.25) is 0 Å². The van der Waals surface area contributed by atoms with Crippen LogP contribution < -0.4 is 5.32 Å². The minimum Gasteiger partial charge on any atom is -0.309 e. The smallest absolute Gasteiger partial charge is 0.125 e. The molecule has 3 nitrogen and oxygen atoms in total. The zero-order valence-corrected chi connectivity index (χ0v) is 12.2. The molecule has 0 aliphatic carbocycles. The summed E-state index contributed by atoms with van der Waals surface area (Å²) in [5, 5.41) is 3.61. The molecule has 0 fully saturated rings. The zero-order valence-electron chi connectivity index (χ0n) is 12.2. The Kier molecular flexibility index (Phi) is 6.88. The summed E-state index contributed by atoms with van der Waals surface area (Å²) in [5.74, 6) is 1.60. The highest BCUT2D eigenvalue weighted by atomic mass is 15.0. The second-order valence-corrected chi connectivity index (χ2v) is 5.16. The minimum atomic E-state index is 0.369. The molecule has 1 heterocycles. The molecular formula is C15H27N3. The maximum absolute atomic E-state index is 4.57. The third-order valence-corrected chi connectivity index (χ3v) is 3.21. The molecule has 0 spiro atoms. The molecule has 1 N–H and O–H groups in total. The monoisotopic (exact) mass is 249 g/mol. The molecule has 0 aromatic carbocycles. The van der Waals surface area contributed by atoms with Gasteiger partial charge in [-0.25, -0.2) is 9.97 Å². The second kappa shape index (κ2) is 8.20. The summed E-state index contributed by atoms with van der Waals surface area (Å²) in [6.07, 6.45) is 6.72. The van der Waals surface area contributed by atoms with E-state index in [1.807, 2.05) is 19.2 Å². The van der Waals surface area contributed by atoms with Crippen molar-refractivity contribution in [3.8, 4) is 0 Å². The molecule has 2 atom stereocenters. The third kappa shape index (κ3) is 5.13. The Bertz CT molecular complexity index is 338. The fraction of sp³-hybridized carbons (Fsp3) is 0.733. The van der Waals surface area contributed by atoms with Gasteiger partial charge in [-0.1, -0.05) is 33.6 Å². The van der Waals surface area contributed by atoms with E-state index in [-0.39, 0.29) is 0 Å². The van der Waals surface area contributed by atoms with E-state index in [1.54, 1.807) is 0 Å². The molecule has 18 heavy (non-hydrogen) atoms. The number of aryl methyl sites for hydroxylation is 1. The lowest BCUT2D eigenvalue weighted by molar-refractivity contribution is 0.384. The van der Waals surface area contributed by atoms with Crippen LogP contribution in [0.5, 0.6) is 0 Å². The van der Waals surface area contributed by atoms with Crippen molar-refractivity contribution in [2.24, 2.45) is 5.92 Å². The number of nitrogens with one attached hydrogen (secondary N) is 1. The van der Waals surface area contributed by atoms with E-state index in [2.05, 4.69) is 36.1 Å². The first-order valence-electron chi connectivity index (χ1n) is 7.20. The summed E-state index contributed by atoms with van der Waals surface area (Å²) >= 11 is 0. The zero-order chi connectivity index (χ0) is 13.4. The van der Waals surface area contributed by atoms with Gasteiger partial charge in [-0.2, -0.15) is 0 Å². The van der Waals surface area contributed by atoms with Gasteiger partial charge in [0.1, 0.15) is 5.82 Å². The van der Waals surface area contributed by atoms with Crippen molar-refractivity contribution in [1.82, 2.24) is 15.3 Å². The van der Waals surface area contributed by atoms with Crippen molar-refractivity contribution in [2.75, 3.05) is 6.54 Å². The molecule has 0 radical (unpaired) electrons. The van der Waals surface area contributed by atoms with E-state index in [0.29, 0.717) is 6.04 Å². The topological polar surface area (TPSA) is 37.8 Å². The van der Waals surface area contributed by atoms with Gasteiger partial charge in [0.05, 0.1) is 5.69 Å². The first kappa shape index (κ1) is 15.1. The molecule has 0 saturated heterocycles.